The Balaban J connectivity index is 0.000000755. The number of piperidine rings is 1. The Bertz CT molecular complexity index is 945. The summed E-state index contributed by atoms with van der Waals surface area (Å²) in [5, 5.41) is 6.89. The first-order valence-corrected chi connectivity index (χ1v) is 9.71. The summed E-state index contributed by atoms with van der Waals surface area (Å²) in [4.78, 5) is 50.4. The molecule has 3 heterocycles. The molecule has 0 bridgehead atoms. The van der Waals surface area contributed by atoms with Gasteiger partial charge in [0, 0.05) is 29.5 Å². The van der Waals surface area contributed by atoms with E-state index in [2.05, 4.69) is 15.0 Å². The first-order valence-electron chi connectivity index (χ1n) is 9.71. The van der Waals surface area contributed by atoms with E-state index in [1.54, 1.807) is 6.20 Å². The standard InChI is InChI=1S/C19H25N5O2.CH2O2/c1-18(2,3)17-22-14-12(15(25)23-17)5-7-19(14)6-4-8-24(10-19)16(26)13-9-20-11-21-13;2-1-3/h9,11H,4-8,10H2,1-3H3,(H,20,21)(H,22,23,25);1H,(H,2,3). The molecule has 2 aliphatic rings. The Morgan fingerprint density at radius 3 is 2.69 bits per heavy atom. The number of likely N-dealkylation sites (tertiary alicyclic amines) is 1. The first-order chi connectivity index (χ1) is 13.7. The van der Waals surface area contributed by atoms with Crippen molar-refractivity contribution in [1.29, 1.82) is 0 Å². The van der Waals surface area contributed by atoms with E-state index >= 15 is 0 Å². The Hall–Kier alpha value is -2.97. The van der Waals surface area contributed by atoms with Gasteiger partial charge in [0.2, 0.25) is 0 Å². The van der Waals surface area contributed by atoms with Gasteiger partial charge in [0.25, 0.3) is 17.9 Å². The Kier molecular flexibility index (Phi) is 5.59. The van der Waals surface area contributed by atoms with Crippen LogP contribution < -0.4 is 5.56 Å². The number of H-pyrrole nitrogens is 2. The van der Waals surface area contributed by atoms with Crippen molar-refractivity contribution >= 4 is 12.4 Å². The van der Waals surface area contributed by atoms with Crippen LogP contribution >= 0.6 is 0 Å². The first kappa shape index (κ1) is 20.8. The third kappa shape index (κ3) is 3.94. The van der Waals surface area contributed by atoms with E-state index in [1.165, 1.54) is 6.33 Å². The van der Waals surface area contributed by atoms with E-state index in [1.807, 2.05) is 25.7 Å². The molecule has 1 aliphatic heterocycles. The fourth-order valence-corrected chi connectivity index (χ4v) is 4.25. The smallest absolute Gasteiger partial charge is 0.290 e. The molecular weight excluding hydrogens is 374 g/mol. The SMILES string of the molecule is CC(C)(C)c1nc2c(c(=O)[nH]1)CCC21CCCN(C(=O)c2cnc[nH]2)C1.O=CO. The molecule has 4 rings (SSSR count). The highest BCUT2D eigenvalue weighted by molar-refractivity contribution is 5.92. The molecule has 0 aromatic carbocycles. The highest BCUT2D eigenvalue weighted by atomic mass is 16.3. The minimum Gasteiger partial charge on any atom is -0.483 e. The number of aromatic nitrogens is 4. The van der Waals surface area contributed by atoms with E-state index in [0.29, 0.717) is 12.2 Å². The molecule has 3 N–H and O–H groups in total. The molecule has 1 atom stereocenters. The third-order valence-corrected chi connectivity index (χ3v) is 5.67. The second-order valence-electron chi connectivity index (χ2n) is 8.67. The number of carbonyl (C=O) groups excluding carboxylic acids is 1. The third-order valence-electron chi connectivity index (χ3n) is 5.67. The van der Waals surface area contributed by atoms with E-state index in [0.717, 1.165) is 49.3 Å². The van der Waals surface area contributed by atoms with Crippen LogP contribution in [0.2, 0.25) is 0 Å². The van der Waals surface area contributed by atoms with Gasteiger partial charge in [0.1, 0.15) is 11.5 Å². The number of carboxylic acid groups (broad SMARTS) is 1. The number of rotatable bonds is 1. The molecule has 9 heteroatoms. The molecule has 1 unspecified atom stereocenters. The molecule has 9 nitrogen and oxygen atoms in total. The van der Waals surface area contributed by atoms with Gasteiger partial charge in [-0.25, -0.2) is 9.97 Å². The number of carbonyl (C=O) groups is 2. The topological polar surface area (TPSA) is 132 Å². The van der Waals surface area contributed by atoms with Crippen LogP contribution in [0.15, 0.2) is 17.3 Å². The monoisotopic (exact) mass is 401 g/mol. The van der Waals surface area contributed by atoms with Crippen LogP contribution in [-0.2, 0) is 22.0 Å². The van der Waals surface area contributed by atoms with E-state index in [4.69, 9.17) is 14.9 Å². The number of imidazole rings is 1. The quantitative estimate of drug-likeness (QED) is 0.622. The molecule has 1 amide bonds. The van der Waals surface area contributed by atoms with Crippen molar-refractivity contribution in [2.75, 3.05) is 13.1 Å². The van der Waals surface area contributed by atoms with E-state index < -0.39 is 0 Å². The molecule has 1 saturated heterocycles. The zero-order valence-corrected chi connectivity index (χ0v) is 17.0. The zero-order valence-electron chi connectivity index (χ0n) is 17.0. The zero-order chi connectivity index (χ0) is 21.2. The van der Waals surface area contributed by atoms with Crippen molar-refractivity contribution in [2.24, 2.45) is 0 Å². The molecule has 2 aromatic heterocycles. The number of nitrogens with zero attached hydrogens (tertiary/aromatic N) is 3. The fraction of sp³-hybridized carbons (Fsp3) is 0.550. The summed E-state index contributed by atoms with van der Waals surface area (Å²) in [6.45, 7) is 7.23. The number of hydrogen-bond acceptors (Lipinski definition) is 5. The summed E-state index contributed by atoms with van der Waals surface area (Å²) < 4.78 is 0. The summed E-state index contributed by atoms with van der Waals surface area (Å²) in [6.07, 6.45) is 6.57. The van der Waals surface area contributed by atoms with Gasteiger partial charge in [-0.05, 0) is 25.7 Å². The van der Waals surface area contributed by atoms with Gasteiger partial charge < -0.3 is 20.0 Å². The van der Waals surface area contributed by atoms with Gasteiger partial charge >= 0.3 is 0 Å². The predicted molar refractivity (Wildman–Crippen MR) is 106 cm³/mol. The predicted octanol–water partition coefficient (Wildman–Crippen LogP) is 1.61. The van der Waals surface area contributed by atoms with Crippen molar-refractivity contribution in [3.63, 3.8) is 0 Å². The Morgan fingerprint density at radius 1 is 1.34 bits per heavy atom. The van der Waals surface area contributed by atoms with Crippen LogP contribution in [0.1, 0.15) is 67.6 Å². The lowest BCUT2D eigenvalue weighted by atomic mass is 9.77. The maximum atomic E-state index is 12.8. The second-order valence-corrected chi connectivity index (χ2v) is 8.67. The van der Waals surface area contributed by atoms with Crippen molar-refractivity contribution in [3.05, 3.63) is 45.7 Å². The van der Waals surface area contributed by atoms with Gasteiger partial charge in [0.05, 0.1) is 18.2 Å². The molecule has 29 heavy (non-hydrogen) atoms. The second kappa shape index (κ2) is 7.81. The molecule has 2 aromatic rings. The number of amides is 1. The number of hydrogen-bond donors (Lipinski definition) is 3. The summed E-state index contributed by atoms with van der Waals surface area (Å²) in [5.41, 5.74) is 1.76. The molecule has 156 valence electrons. The normalized spacial score (nSPS) is 20.7. The molecule has 1 aliphatic carbocycles. The summed E-state index contributed by atoms with van der Waals surface area (Å²) in [6, 6.07) is 0. The van der Waals surface area contributed by atoms with Crippen molar-refractivity contribution in [2.45, 2.75) is 57.3 Å². The van der Waals surface area contributed by atoms with Gasteiger partial charge in [-0.2, -0.15) is 0 Å². The number of fused-ring (bicyclic) bond motifs is 2. The van der Waals surface area contributed by atoms with Crippen molar-refractivity contribution < 1.29 is 14.7 Å². The summed E-state index contributed by atoms with van der Waals surface area (Å²) in [7, 11) is 0. The van der Waals surface area contributed by atoms with Gasteiger partial charge in [0.15, 0.2) is 0 Å². The number of nitrogens with one attached hydrogen (secondary N) is 2. The summed E-state index contributed by atoms with van der Waals surface area (Å²) in [5.74, 6) is 0.690. The lowest BCUT2D eigenvalue weighted by Crippen LogP contribution is -2.48. The largest absolute Gasteiger partial charge is 0.483 e. The molecule has 0 radical (unpaired) electrons. The minimum atomic E-state index is -0.250. The van der Waals surface area contributed by atoms with Crippen LogP contribution in [0.3, 0.4) is 0 Å². The van der Waals surface area contributed by atoms with Crippen LogP contribution in [0.25, 0.3) is 0 Å². The highest BCUT2D eigenvalue weighted by Gasteiger charge is 2.46. The summed E-state index contributed by atoms with van der Waals surface area (Å²) >= 11 is 0. The van der Waals surface area contributed by atoms with Crippen molar-refractivity contribution in [1.82, 2.24) is 24.8 Å². The Morgan fingerprint density at radius 2 is 2.07 bits per heavy atom. The van der Waals surface area contributed by atoms with E-state index in [9.17, 15) is 9.59 Å². The fourth-order valence-electron chi connectivity index (χ4n) is 4.25. The van der Waals surface area contributed by atoms with Crippen LogP contribution in [-0.4, -0.2) is 55.4 Å². The number of aromatic amines is 2. The molecule has 0 saturated carbocycles. The van der Waals surface area contributed by atoms with E-state index in [-0.39, 0.29) is 28.8 Å². The molecule has 1 spiro atoms. The molecule has 1 fully saturated rings. The highest BCUT2D eigenvalue weighted by Crippen LogP contribution is 2.43. The maximum Gasteiger partial charge on any atom is 0.290 e. The van der Waals surface area contributed by atoms with Gasteiger partial charge in [-0.15, -0.1) is 0 Å². The average molecular weight is 401 g/mol. The van der Waals surface area contributed by atoms with Gasteiger partial charge in [-0.1, -0.05) is 20.8 Å². The maximum absolute atomic E-state index is 12.8. The Labute approximate surface area is 168 Å². The molecular formula is C20H27N5O4. The van der Waals surface area contributed by atoms with Crippen LogP contribution in [0, 0.1) is 0 Å². The van der Waals surface area contributed by atoms with Crippen LogP contribution in [0.4, 0.5) is 0 Å². The van der Waals surface area contributed by atoms with Crippen molar-refractivity contribution in [3.8, 4) is 0 Å². The van der Waals surface area contributed by atoms with Gasteiger partial charge in [-0.3, -0.25) is 14.4 Å². The average Bonchev–Trinajstić information content (AvgIpc) is 3.31. The lowest BCUT2D eigenvalue weighted by Gasteiger charge is -2.40. The lowest BCUT2D eigenvalue weighted by molar-refractivity contribution is -0.122. The minimum absolute atomic E-state index is 0.0196. The van der Waals surface area contributed by atoms with Crippen LogP contribution in [0.5, 0.6) is 0 Å².